The van der Waals surface area contributed by atoms with Crippen molar-refractivity contribution in [3.63, 3.8) is 0 Å². The molecule has 1 aliphatic carbocycles. The summed E-state index contributed by atoms with van der Waals surface area (Å²) >= 11 is 0. The van der Waals surface area contributed by atoms with Crippen LogP contribution in [0.4, 0.5) is 26.3 Å². The molecule has 1 saturated carbocycles. The summed E-state index contributed by atoms with van der Waals surface area (Å²) in [5.74, 6) is 0.145. The number of aryl methyl sites for hydroxylation is 1. The van der Waals surface area contributed by atoms with E-state index in [9.17, 15) is 31.1 Å². The number of hydrogen-bond acceptors (Lipinski definition) is 5. The maximum absolute atomic E-state index is 13.8. The Balaban J connectivity index is 0.00000173. The lowest BCUT2D eigenvalue weighted by Crippen LogP contribution is -2.45. The molecule has 4 rings (SSSR count). The van der Waals surface area contributed by atoms with Crippen LogP contribution >= 0.6 is 0 Å². The summed E-state index contributed by atoms with van der Waals surface area (Å²) in [4.78, 5) is 13.5. The Morgan fingerprint density at radius 2 is 1.64 bits per heavy atom. The molecule has 1 aliphatic heterocycles. The molecule has 0 N–H and O–H groups in total. The van der Waals surface area contributed by atoms with Crippen molar-refractivity contribution in [3.8, 4) is 5.75 Å². The van der Waals surface area contributed by atoms with Gasteiger partial charge in [0, 0.05) is 19.2 Å². The average Bonchev–Trinajstić information content (AvgIpc) is 3.86. The van der Waals surface area contributed by atoms with Gasteiger partial charge in [-0.05, 0) is 80.1 Å². The Morgan fingerprint density at radius 1 is 0.978 bits per heavy atom. The lowest BCUT2D eigenvalue weighted by Gasteiger charge is -2.37. The van der Waals surface area contributed by atoms with Crippen molar-refractivity contribution in [1.29, 1.82) is 0 Å². The van der Waals surface area contributed by atoms with Gasteiger partial charge in [0.2, 0.25) is 0 Å². The molecule has 11 heteroatoms. The average molecular weight is 646 g/mol. The zero-order valence-corrected chi connectivity index (χ0v) is 26.9. The van der Waals surface area contributed by atoms with Gasteiger partial charge >= 0.3 is 18.3 Å². The molecule has 252 valence electrons. The molecular weight excluding hydrogens is 600 g/mol. The summed E-state index contributed by atoms with van der Waals surface area (Å²) in [7, 11) is 2.91. The summed E-state index contributed by atoms with van der Waals surface area (Å²) in [5, 5.41) is 0. The molecule has 4 unspecified atom stereocenters. The zero-order valence-electron chi connectivity index (χ0n) is 26.9. The number of benzene rings is 2. The van der Waals surface area contributed by atoms with Gasteiger partial charge in [-0.25, -0.2) is 0 Å². The van der Waals surface area contributed by atoms with Crippen LogP contribution in [0.25, 0.3) is 0 Å². The van der Waals surface area contributed by atoms with Crippen LogP contribution < -0.4 is 4.74 Å². The van der Waals surface area contributed by atoms with Crippen molar-refractivity contribution in [2.24, 2.45) is 11.8 Å². The van der Waals surface area contributed by atoms with Crippen LogP contribution in [0.15, 0.2) is 36.4 Å². The SMILES string of the molecule is C1CC1.COC(=O)C(C)Cc1ccc2c(c1)OC(C(CN(C)C(C)c1cc(C(F)(F)F)ccc1C(F)(F)F)OCC(C)C)CC2. The number of likely N-dealkylation sites (N-methyl/N-ethyl adjacent to an activating group) is 1. The van der Waals surface area contributed by atoms with Crippen LogP contribution in [0, 0.1) is 11.8 Å². The van der Waals surface area contributed by atoms with E-state index in [1.165, 1.54) is 33.3 Å². The molecule has 0 aromatic heterocycles. The van der Waals surface area contributed by atoms with E-state index in [4.69, 9.17) is 14.2 Å². The molecule has 1 fully saturated rings. The number of carbonyl (C=O) groups excluding carboxylic acids is 1. The van der Waals surface area contributed by atoms with Gasteiger partial charge in [0.05, 0.1) is 24.2 Å². The number of alkyl halides is 6. The number of carbonyl (C=O) groups is 1. The minimum atomic E-state index is -4.82. The van der Waals surface area contributed by atoms with Gasteiger partial charge < -0.3 is 14.2 Å². The standard InChI is InChI=1S/C31H39F6NO4.C3H6/c1-18(2)17-41-28(26-12-9-22-8-7-21(14-27(22)42-26)13-19(3)29(39)40-6)16-38(5)20(4)24-15-23(30(32,33)34)10-11-25(24)31(35,36)37;1-2-3-1/h7-8,10-11,14-15,18-20,26,28H,9,12-13,16-17H2,1-6H3;1-3H2. The first kappa shape index (κ1) is 36.7. The number of fused-ring (bicyclic) bond motifs is 1. The number of nitrogens with zero attached hydrogens (tertiary/aromatic N) is 1. The minimum Gasteiger partial charge on any atom is -0.487 e. The van der Waals surface area contributed by atoms with Crippen LogP contribution in [-0.2, 0) is 39.5 Å². The van der Waals surface area contributed by atoms with E-state index in [1.54, 1.807) is 18.9 Å². The van der Waals surface area contributed by atoms with Gasteiger partial charge in [-0.1, -0.05) is 52.2 Å². The van der Waals surface area contributed by atoms with Crippen molar-refractivity contribution >= 4 is 5.97 Å². The highest BCUT2D eigenvalue weighted by atomic mass is 19.4. The largest absolute Gasteiger partial charge is 0.487 e. The molecular formula is C34H45F6NO4. The topological polar surface area (TPSA) is 48.0 Å². The van der Waals surface area contributed by atoms with Gasteiger partial charge in [-0.3, -0.25) is 9.69 Å². The van der Waals surface area contributed by atoms with Crippen LogP contribution in [0.1, 0.15) is 87.2 Å². The Hall–Kier alpha value is -2.79. The third-order valence-corrected chi connectivity index (χ3v) is 7.93. The first-order valence-electron chi connectivity index (χ1n) is 15.5. The first-order chi connectivity index (χ1) is 21.0. The van der Waals surface area contributed by atoms with Gasteiger partial charge in [0.1, 0.15) is 18.0 Å². The predicted octanol–water partition coefficient (Wildman–Crippen LogP) is 8.67. The fourth-order valence-electron chi connectivity index (χ4n) is 5.08. The van der Waals surface area contributed by atoms with E-state index < -0.39 is 47.3 Å². The van der Waals surface area contributed by atoms with Gasteiger partial charge in [0.25, 0.3) is 0 Å². The third-order valence-electron chi connectivity index (χ3n) is 7.93. The second kappa shape index (κ2) is 15.7. The number of rotatable bonds is 11. The van der Waals surface area contributed by atoms with Crippen molar-refractivity contribution < 1.29 is 45.3 Å². The molecule has 0 bridgehead atoms. The predicted molar refractivity (Wildman–Crippen MR) is 160 cm³/mol. The van der Waals surface area contributed by atoms with Crippen LogP contribution in [0.5, 0.6) is 5.75 Å². The lowest BCUT2D eigenvalue weighted by molar-refractivity contribution is -0.144. The highest BCUT2D eigenvalue weighted by molar-refractivity contribution is 5.72. The van der Waals surface area contributed by atoms with Gasteiger partial charge in [-0.2, -0.15) is 26.3 Å². The summed E-state index contributed by atoms with van der Waals surface area (Å²) in [5.41, 5.74) is -0.818. The second-order valence-electron chi connectivity index (χ2n) is 12.5. The maximum Gasteiger partial charge on any atom is 0.416 e. The van der Waals surface area contributed by atoms with E-state index in [0.29, 0.717) is 49.8 Å². The molecule has 4 atom stereocenters. The quantitative estimate of drug-likeness (QED) is 0.181. The van der Waals surface area contributed by atoms with Crippen molar-refractivity contribution in [2.75, 3.05) is 27.3 Å². The van der Waals surface area contributed by atoms with E-state index in [1.807, 2.05) is 32.0 Å². The molecule has 0 amide bonds. The number of methoxy groups -OCH3 is 1. The highest BCUT2D eigenvalue weighted by Crippen LogP contribution is 2.40. The maximum atomic E-state index is 13.8. The molecule has 0 radical (unpaired) electrons. The highest BCUT2D eigenvalue weighted by Gasteiger charge is 2.39. The molecule has 2 aromatic rings. The number of ether oxygens (including phenoxy) is 3. The van der Waals surface area contributed by atoms with E-state index in [2.05, 4.69) is 0 Å². The number of hydrogen-bond donors (Lipinski definition) is 0. The van der Waals surface area contributed by atoms with Crippen molar-refractivity contribution in [3.05, 3.63) is 64.2 Å². The number of halogens is 6. The Kier molecular flexibility index (Phi) is 12.8. The van der Waals surface area contributed by atoms with E-state index in [-0.39, 0.29) is 24.3 Å². The normalized spacial score (nSPS) is 18.3. The second-order valence-corrected chi connectivity index (χ2v) is 12.5. The molecule has 5 nitrogen and oxygen atoms in total. The first-order valence-corrected chi connectivity index (χ1v) is 15.5. The van der Waals surface area contributed by atoms with Crippen LogP contribution in [0.2, 0.25) is 0 Å². The van der Waals surface area contributed by atoms with Gasteiger partial charge in [0.15, 0.2) is 0 Å². The minimum absolute atomic E-state index is 0.125. The third kappa shape index (κ3) is 10.9. The molecule has 2 aromatic carbocycles. The summed E-state index contributed by atoms with van der Waals surface area (Å²) in [6.45, 7) is 7.65. The summed E-state index contributed by atoms with van der Waals surface area (Å²) in [6, 6.07) is 6.31. The molecule has 0 spiro atoms. The van der Waals surface area contributed by atoms with Crippen LogP contribution in [-0.4, -0.2) is 50.4 Å². The molecule has 0 saturated heterocycles. The zero-order chi connectivity index (χ0) is 33.5. The van der Waals surface area contributed by atoms with E-state index in [0.717, 1.165) is 11.1 Å². The summed E-state index contributed by atoms with van der Waals surface area (Å²) < 4.78 is 99.1. The molecule has 1 heterocycles. The van der Waals surface area contributed by atoms with Crippen molar-refractivity contribution in [2.45, 2.75) is 96.8 Å². The monoisotopic (exact) mass is 645 g/mol. The number of esters is 1. The fraction of sp³-hybridized carbons (Fsp3) is 0.618. The van der Waals surface area contributed by atoms with Crippen molar-refractivity contribution in [1.82, 2.24) is 4.90 Å². The van der Waals surface area contributed by atoms with Gasteiger partial charge in [-0.15, -0.1) is 0 Å². The lowest BCUT2D eigenvalue weighted by atomic mass is 9.94. The fourth-order valence-corrected chi connectivity index (χ4v) is 5.08. The molecule has 2 aliphatic rings. The summed E-state index contributed by atoms with van der Waals surface area (Å²) in [6.07, 6.45) is -4.38. The Bertz CT molecular complexity index is 1260. The Labute approximate surface area is 262 Å². The molecule has 45 heavy (non-hydrogen) atoms. The smallest absolute Gasteiger partial charge is 0.416 e. The Morgan fingerprint density at radius 3 is 2.20 bits per heavy atom. The van der Waals surface area contributed by atoms with E-state index >= 15 is 0 Å². The van der Waals surface area contributed by atoms with Crippen LogP contribution in [0.3, 0.4) is 0 Å².